The van der Waals surface area contributed by atoms with Gasteiger partial charge in [-0.15, -0.1) is 11.6 Å². The van der Waals surface area contributed by atoms with E-state index in [1.54, 1.807) is 0 Å². The molecule has 174 valence electrons. The molecule has 29 heavy (non-hydrogen) atoms. The summed E-state index contributed by atoms with van der Waals surface area (Å²) in [4.78, 5) is 11.6. The lowest BCUT2D eigenvalue weighted by molar-refractivity contribution is -0.145. The molecule has 0 aromatic heterocycles. The molecular formula is C22H43ClO6. The lowest BCUT2D eigenvalue weighted by Gasteiger charge is -2.08. The Hall–Kier alpha value is -0.400. The number of unbranched alkanes of at least 4 members (excludes halogenated alkanes) is 8. The minimum Gasteiger partial charge on any atom is -0.463 e. The Morgan fingerprint density at radius 2 is 1.00 bits per heavy atom. The number of rotatable bonds is 24. The van der Waals surface area contributed by atoms with Crippen molar-refractivity contribution in [2.75, 3.05) is 65.3 Å². The van der Waals surface area contributed by atoms with E-state index in [1.807, 2.05) is 0 Å². The zero-order chi connectivity index (χ0) is 21.3. The predicted octanol–water partition coefficient (Wildman–Crippen LogP) is 4.76. The van der Waals surface area contributed by atoms with Crippen LogP contribution in [-0.2, 0) is 28.5 Å². The molecule has 0 radical (unpaired) electrons. The zero-order valence-corrected chi connectivity index (χ0v) is 19.2. The number of esters is 1. The van der Waals surface area contributed by atoms with Crippen molar-refractivity contribution < 1.29 is 28.5 Å². The predicted molar refractivity (Wildman–Crippen MR) is 117 cm³/mol. The average molecular weight is 439 g/mol. The second-order valence-corrected chi connectivity index (χ2v) is 7.32. The molecule has 0 saturated carbocycles. The molecular weight excluding hydrogens is 396 g/mol. The van der Waals surface area contributed by atoms with Gasteiger partial charge in [0.25, 0.3) is 0 Å². The molecule has 0 N–H and O–H groups in total. The summed E-state index contributed by atoms with van der Waals surface area (Å²) in [5.41, 5.74) is 0. The summed E-state index contributed by atoms with van der Waals surface area (Å²) >= 11 is 5.49. The minimum atomic E-state index is -0.125. The largest absolute Gasteiger partial charge is 0.463 e. The third-order valence-corrected chi connectivity index (χ3v) is 4.47. The van der Waals surface area contributed by atoms with E-state index in [9.17, 15) is 4.79 Å². The molecule has 0 unspecified atom stereocenters. The molecule has 0 aromatic rings. The van der Waals surface area contributed by atoms with Gasteiger partial charge in [-0.3, -0.25) is 4.79 Å². The highest BCUT2D eigenvalue weighted by Gasteiger charge is 2.02. The van der Waals surface area contributed by atoms with Crippen LogP contribution in [0.4, 0.5) is 0 Å². The number of hydrogen-bond acceptors (Lipinski definition) is 6. The first kappa shape index (κ1) is 28.6. The summed E-state index contributed by atoms with van der Waals surface area (Å²) in [5.74, 6) is 0.377. The van der Waals surface area contributed by atoms with Crippen molar-refractivity contribution in [2.45, 2.75) is 71.1 Å². The lowest BCUT2D eigenvalue weighted by Crippen LogP contribution is -2.14. The van der Waals surface area contributed by atoms with Gasteiger partial charge < -0.3 is 23.7 Å². The van der Waals surface area contributed by atoms with Crippen LogP contribution in [0.3, 0.4) is 0 Å². The Morgan fingerprint density at radius 1 is 0.586 bits per heavy atom. The van der Waals surface area contributed by atoms with Gasteiger partial charge in [0.15, 0.2) is 0 Å². The van der Waals surface area contributed by atoms with Gasteiger partial charge in [-0.25, -0.2) is 0 Å². The normalized spacial score (nSPS) is 11.1. The van der Waals surface area contributed by atoms with Crippen LogP contribution in [0.25, 0.3) is 0 Å². The first-order chi connectivity index (χ1) is 14.3. The fourth-order valence-electron chi connectivity index (χ4n) is 2.68. The standard InChI is InChI=1S/C22H43ClO6/c1-2-3-4-5-6-7-8-9-10-11-22(24)29-21-20-28-19-18-27-17-16-26-15-14-25-13-12-23/h2-21H2,1H3. The molecule has 0 atom stereocenters. The van der Waals surface area contributed by atoms with E-state index in [-0.39, 0.29) is 5.97 Å². The minimum absolute atomic E-state index is 0.125. The molecule has 7 heteroatoms. The summed E-state index contributed by atoms with van der Waals surface area (Å²) < 4.78 is 26.4. The molecule has 0 rings (SSSR count). The molecule has 0 fully saturated rings. The van der Waals surface area contributed by atoms with Crippen LogP contribution in [0, 0.1) is 0 Å². The van der Waals surface area contributed by atoms with E-state index < -0.39 is 0 Å². The highest BCUT2D eigenvalue weighted by molar-refractivity contribution is 6.17. The SMILES string of the molecule is CCCCCCCCCCCC(=O)OCCOCCOCCOCCOCCCl. The second-order valence-electron chi connectivity index (χ2n) is 6.94. The topological polar surface area (TPSA) is 63.2 Å². The van der Waals surface area contributed by atoms with Crippen LogP contribution in [0.15, 0.2) is 0 Å². The van der Waals surface area contributed by atoms with E-state index in [4.69, 9.17) is 35.3 Å². The molecule has 0 bridgehead atoms. The summed E-state index contributed by atoms with van der Waals surface area (Å²) in [7, 11) is 0. The number of carbonyl (C=O) groups is 1. The van der Waals surface area contributed by atoms with Crippen molar-refractivity contribution in [1.82, 2.24) is 0 Å². The van der Waals surface area contributed by atoms with Crippen LogP contribution >= 0.6 is 11.6 Å². The molecule has 6 nitrogen and oxygen atoms in total. The molecule has 0 aliphatic rings. The van der Waals surface area contributed by atoms with Crippen LogP contribution in [0.1, 0.15) is 71.1 Å². The van der Waals surface area contributed by atoms with E-state index in [0.717, 1.165) is 12.8 Å². The third kappa shape index (κ3) is 25.6. The van der Waals surface area contributed by atoms with Crippen molar-refractivity contribution in [3.8, 4) is 0 Å². The Bertz CT molecular complexity index is 330. The van der Waals surface area contributed by atoms with Crippen molar-refractivity contribution in [3.05, 3.63) is 0 Å². The van der Waals surface area contributed by atoms with Gasteiger partial charge in [0.2, 0.25) is 0 Å². The second kappa shape index (κ2) is 25.6. The van der Waals surface area contributed by atoms with Crippen molar-refractivity contribution in [2.24, 2.45) is 0 Å². The zero-order valence-electron chi connectivity index (χ0n) is 18.5. The number of halogens is 1. The fraction of sp³-hybridized carbons (Fsp3) is 0.955. The summed E-state index contributed by atoms with van der Waals surface area (Å²) in [5, 5.41) is 0. The summed E-state index contributed by atoms with van der Waals surface area (Å²) in [6.45, 7) is 6.62. The smallest absolute Gasteiger partial charge is 0.305 e. The number of alkyl halides is 1. The van der Waals surface area contributed by atoms with E-state index >= 15 is 0 Å². The van der Waals surface area contributed by atoms with E-state index in [2.05, 4.69) is 6.92 Å². The number of carbonyl (C=O) groups excluding carboxylic acids is 1. The van der Waals surface area contributed by atoms with Crippen molar-refractivity contribution in [3.63, 3.8) is 0 Å². The average Bonchev–Trinajstić information content (AvgIpc) is 2.72. The quantitative estimate of drug-likeness (QED) is 0.123. The van der Waals surface area contributed by atoms with Gasteiger partial charge >= 0.3 is 5.97 Å². The van der Waals surface area contributed by atoms with Crippen molar-refractivity contribution >= 4 is 17.6 Å². The highest BCUT2D eigenvalue weighted by atomic mass is 35.5. The third-order valence-electron chi connectivity index (χ3n) is 4.31. The van der Waals surface area contributed by atoms with Gasteiger partial charge in [-0.1, -0.05) is 58.3 Å². The lowest BCUT2D eigenvalue weighted by atomic mass is 10.1. The van der Waals surface area contributed by atoms with Gasteiger partial charge in [0, 0.05) is 12.3 Å². The highest BCUT2D eigenvalue weighted by Crippen LogP contribution is 2.10. The Balaban J connectivity index is 3.13. The first-order valence-corrected chi connectivity index (χ1v) is 11.9. The molecule has 0 spiro atoms. The molecule has 0 aliphatic heterocycles. The van der Waals surface area contributed by atoms with Gasteiger partial charge in [0.05, 0.1) is 52.9 Å². The summed E-state index contributed by atoms with van der Waals surface area (Å²) in [6.07, 6.45) is 11.7. The van der Waals surface area contributed by atoms with Gasteiger partial charge in [-0.2, -0.15) is 0 Å². The first-order valence-electron chi connectivity index (χ1n) is 11.3. The fourth-order valence-corrected chi connectivity index (χ4v) is 2.79. The number of ether oxygens (including phenoxy) is 5. The maximum Gasteiger partial charge on any atom is 0.305 e. The van der Waals surface area contributed by atoms with E-state index in [0.29, 0.717) is 71.8 Å². The molecule has 0 heterocycles. The maximum atomic E-state index is 11.6. The maximum absolute atomic E-state index is 11.6. The Kier molecular flexibility index (Phi) is 25.3. The van der Waals surface area contributed by atoms with Crippen LogP contribution < -0.4 is 0 Å². The Labute approximate surface area is 182 Å². The molecule has 0 aliphatic carbocycles. The van der Waals surface area contributed by atoms with Gasteiger partial charge in [0.1, 0.15) is 6.61 Å². The monoisotopic (exact) mass is 438 g/mol. The van der Waals surface area contributed by atoms with Crippen molar-refractivity contribution in [1.29, 1.82) is 0 Å². The van der Waals surface area contributed by atoms with E-state index in [1.165, 1.54) is 44.9 Å². The number of hydrogen-bond donors (Lipinski definition) is 0. The van der Waals surface area contributed by atoms with Crippen LogP contribution in [-0.4, -0.2) is 71.3 Å². The molecule has 0 amide bonds. The Morgan fingerprint density at radius 3 is 1.48 bits per heavy atom. The molecule has 0 saturated heterocycles. The van der Waals surface area contributed by atoms with Crippen LogP contribution in [0.5, 0.6) is 0 Å². The molecule has 0 aromatic carbocycles. The van der Waals surface area contributed by atoms with Gasteiger partial charge in [-0.05, 0) is 6.42 Å². The summed E-state index contributed by atoms with van der Waals surface area (Å²) in [6, 6.07) is 0. The van der Waals surface area contributed by atoms with Crippen LogP contribution in [0.2, 0.25) is 0 Å².